The van der Waals surface area contributed by atoms with Crippen LogP contribution in [0.5, 0.6) is 0 Å². The van der Waals surface area contributed by atoms with Crippen LogP contribution in [0.25, 0.3) is 0 Å². The molecule has 1 unspecified atom stereocenters. The van der Waals surface area contributed by atoms with Gasteiger partial charge in [-0.05, 0) is 38.3 Å². The summed E-state index contributed by atoms with van der Waals surface area (Å²) in [5, 5.41) is 3.14. The lowest BCUT2D eigenvalue weighted by Gasteiger charge is -2.34. The Balaban J connectivity index is 1.85. The molecule has 0 saturated carbocycles. The monoisotopic (exact) mass is 303 g/mol. The van der Waals surface area contributed by atoms with Crippen LogP contribution in [0.4, 0.5) is 0 Å². The van der Waals surface area contributed by atoms with Crippen molar-refractivity contribution in [3.05, 3.63) is 35.9 Å². The highest BCUT2D eigenvalue weighted by molar-refractivity contribution is 5.87. The van der Waals surface area contributed by atoms with Crippen LogP contribution in [0.3, 0.4) is 0 Å². The summed E-state index contributed by atoms with van der Waals surface area (Å²) >= 11 is 0. The number of carbonyl (C=O) groups is 1. The number of piperidine rings is 1. The average Bonchev–Trinajstić information content (AvgIpc) is 2.55. The molecule has 4 nitrogen and oxygen atoms in total. The topological polar surface area (TPSA) is 58.4 Å². The average molecular weight is 303 g/mol. The van der Waals surface area contributed by atoms with Crippen LogP contribution in [0.2, 0.25) is 0 Å². The number of unbranched alkanes of at least 4 members (excludes halogenated alkanes) is 1. The Bertz CT molecular complexity index is 464. The molecule has 1 aliphatic heterocycles. The number of amides is 1. The molecule has 4 heteroatoms. The van der Waals surface area contributed by atoms with Gasteiger partial charge in [-0.2, -0.15) is 0 Å². The van der Waals surface area contributed by atoms with E-state index in [2.05, 4.69) is 17.1 Å². The number of nitrogens with zero attached hydrogens (tertiary/aromatic N) is 1. The number of nitrogens with two attached hydrogens (primary N) is 1. The molecular formula is C18H29N3O. The predicted octanol–water partition coefficient (Wildman–Crippen LogP) is 2.24. The second-order valence-corrected chi connectivity index (χ2v) is 6.51. The van der Waals surface area contributed by atoms with Crippen molar-refractivity contribution in [2.75, 3.05) is 19.6 Å². The molecule has 2 rings (SSSR count). The van der Waals surface area contributed by atoms with Gasteiger partial charge in [-0.3, -0.25) is 4.79 Å². The van der Waals surface area contributed by atoms with Crippen molar-refractivity contribution >= 4 is 5.91 Å². The van der Waals surface area contributed by atoms with E-state index in [1.54, 1.807) is 6.92 Å². The summed E-state index contributed by atoms with van der Waals surface area (Å²) in [5.74, 6) is -0.0780. The lowest BCUT2D eigenvalue weighted by molar-refractivity contribution is -0.127. The van der Waals surface area contributed by atoms with E-state index in [4.69, 9.17) is 5.73 Å². The summed E-state index contributed by atoms with van der Waals surface area (Å²) in [6.45, 7) is 7.32. The molecule has 1 aliphatic rings. The number of nitrogens with one attached hydrogen (secondary N) is 1. The van der Waals surface area contributed by atoms with Gasteiger partial charge in [0.25, 0.3) is 0 Å². The minimum Gasteiger partial charge on any atom is -0.351 e. The lowest BCUT2D eigenvalue weighted by atomic mass is 9.91. The van der Waals surface area contributed by atoms with Gasteiger partial charge in [-0.1, -0.05) is 43.7 Å². The Kier molecular flexibility index (Phi) is 5.98. The van der Waals surface area contributed by atoms with Crippen molar-refractivity contribution in [2.45, 2.75) is 51.1 Å². The first-order valence-electron chi connectivity index (χ1n) is 8.41. The van der Waals surface area contributed by atoms with Crippen molar-refractivity contribution in [2.24, 2.45) is 5.73 Å². The Labute approximate surface area is 134 Å². The first-order valence-corrected chi connectivity index (χ1v) is 8.41. The zero-order chi connectivity index (χ0) is 16.0. The van der Waals surface area contributed by atoms with Crippen LogP contribution < -0.4 is 11.1 Å². The molecule has 0 radical (unpaired) electrons. The summed E-state index contributed by atoms with van der Waals surface area (Å²) in [5.41, 5.74) is 6.15. The second-order valence-electron chi connectivity index (χ2n) is 6.51. The van der Waals surface area contributed by atoms with Gasteiger partial charge in [0, 0.05) is 19.1 Å². The van der Waals surface area contributed by atoms with E-state index in [1.807, 2.05) is 30.3 Å². The molecule has 0 aliphatic carbocycles. The number of likely N-dealkylation sites (tertiary alicyclic amines) is 1. The van der Waals surface area contributed by atoms with E-state index >= 15 is 0 Å². The maximum atomic E-state index is 12.5. The highest BCUT2D eigenvalue weighted by atomic mass is 16.2. The minimum atomic E-state index is -0.972. The largest absolute Gasteiger partial charge is 0.351 e. The van der Waals surface area contributed by atoms with E-state index in [0.29, 0.717) is 0 Å². The normalized spacial score (nSPS) is 19.6. The third-order valence-electron chi connectivity index (χ3n) is 4.60. The molecule has 1 saturated heterocycles. The van der Waals surface area contributed by atoms with E-state index in [1.165, 1.54) is 19.4 Å². The summed E-state index contributed by atoms with van der Waals surface area (Å²) in [7, 11) is 0. The molecule has 1 atom stereocenters. The van der Waals surface area contributed by atoms with Gasteiger partial charge >= 0.3 is 0 Å². The van der Waals surface area contributed by atoms with E-state index < -0.39 is 5.54 Å². The molecular weight excluding hydrogens is 274 g/mol. The minimum absolute atomic E-state index is 0.0780. The zero-order valence-electron chi connectivity index (χ0n) is 13.8. The van der Waals surface area contributed by atoms with Crippen LogP contribution in [0.15, 0.2) is 30.3 Å². The van der Waals surface area contributed by atoms with Crippen molar-refractivity contribution < 1.29 is 4.79 Å². The van der Waals surface area contributed by atoms with Crippen LogP contribution in [0.1, 0.15) is 45.1 Å². The Hall–Kier alpha value is -1.39. The van der Waals surface area contributed by atoms with Crippen LogP contribution in [-0.4, -0.2) is 36.5 Å². The third-order valence-corrected chi connectivity index (χ3v) is 4.60. The van der Waals surface area contributed by atoms with Crippen molar-refractivity contribution in [1.29, 1.82) is 0 Å². The van der Waals surface area contributed by atoms with Gasteiger partial charge in [0.2, 0.25) is 5.91 Å². The Morgan fingerprint density at radius 3 is 2.55 bits per heavy atom. The van der Waals surface area contributed by atoms with E-state index in [-0.39, 0.29) is 11.9 Å². The lowest BCUT2D eigenvalue weighted by Crippen LogP contribution is -2.54. The fourth-order valence-electron chi connectivity index (χ4n) is 2.93. The summed E-state index contributed by atoms with van der Waals surface area (Å²) < 4.78 is 0. The number of hydrogen-bond donors (Lipinski definition) is 2. The van der Waals surface area contributed by atoms with E-state index in [9.17, 15) is 4.79 Å². The predicted molar refractivity (Wildman–Crippen MR) is 90.5 cm³/mol. The van der Waals surface area contributed by atoms with E-state index in [0.717, 1.165) is 31.5 Å². The van der Waals surface area contributed by atoms with Gasteiger partial charge < -0.3 is 16.0 Å². The first kappa shape index (κ1) is 17.0. The fraction of sp³-hybridized carbons (Fsp3) is 0.611. The number of carbonyl (C=O) groups excluding carboxylic acids is 1. The maximum Gasteiger partial charge on any atom is 0.244 e. The molecule has 1 heterocycles. The highest BCUT2D eigenvalue weighted by Gasteiger charge is 2.32. The van der Waals surface area contributed by atoms with Gasteiger partial charge in [-0.25, -0.2) is 0 Å². The highest BCUT2D eigenvalue weighted by Crippen LogP contribution is 2.19. The van der Waals surface area contributed by atoms with Crippen molar-refractivity contribution in [3.63, 3.8) is 0 Å². The molecule has 1 aromatic carbocycles. The van der Waals surface area contributed by atoms with Crippen molar-refractivity contribution in [3.8, 4) is 0 Å². The standard InChI is InChI=1S/C18H29N3O/c1-3-4-12-21-13-10-16(11-14-21)20-17(22)18(2,19)15-8-6-5-7-9-15/h5-9,16H,3-4,10-14,19H2,1-2H3,(H,20,22). The maximum absolute atomic E-state index is 12.5. The van der Waals surface area contributed by atoms with Crippen LogP contribution >= 0.6 is 0 Å². The smallest absolute Gasteiger partial charge is 0.244 e. The SMILES string of the molecule is CCCCN1CCC(NC(=O)C(C)(N)c2ccccc2)CC1. The van der Waals surface area contributed by atoms with Gasteiger partial charge in [-0.15, -0.1) is 0 Å². The molecule has 1 amide bonds. The fourth-order valence-corrected chi connectivity index (χ4v) is 2.93. The molecule has 0 aromatic heterocycles. The van der Waals surface area contributed by atoms with Crippen LogP contribution in [0, 0.1) is 0 Å². The molecule has 1 fully saturated rings. The van der Waals surface area contributed by atoms with Crippen molar-refractivity contribution in [1.82, 2.24) is 10.2 Å². The van der Waals surface area contributed by atoms with Gasteiger partial charge in [0.1, 0.15) is 5.54 Å². The van der Waals surface area contributed by atoms with Gasteiger partial charge in [0.05, 0.1) is 0 Å². The van der Waals surface area contributed by atoms with Gasteiger partial charge in [0.15, 0.2) is 0 Å². The Morgan fingerprint density at radius 2 is 1.95 bits per heavy atom. The number of rotatable bonds is 6. The summed E-state index contributed by atoms with van der Waals surface area (Å²) in [4.78, 5) is 15.0. The molecule has 122 valence electrons. The molecule has 22 heavy (non-hydrogen) atoms. The summed E-state index contributed by atoms with van der Waals surface area (Å²) in [6, 6.07) is 9.83. The summed E-state index contributed by atoms with van der Waals surface area (Å²) in [6.07, 6.45) is 4.52. The second kappa shape index (κ2) is 7.75. The number of hydrogen-bond acceptors (Lipinski definition) is 3. The third kappa shape index (κ3) is 4.31. The Morgan fingerprint density at radius 1 is 1.32 bits per heavy atom. The zero-order valence-corrected chi connectivity index (χ0v) is 13.8. The van der Waals surface area contributed by atoms with Crippen LogP contribution in [-0.2, 0) is 10.3 Å². The molecule has 0 spiro atoms. The molecule has 1 aromatic rings. The molecule has 3 N–H and O–H groups in total. The number of benzene rings is 1. The first-order chi connectivity index (χ1) is 10.5. The molecule has 0 bridgehead atoms. The quantitative estimate of drug-likeness (QED) is 0.847.